The van der Waals surface area contributed by atoms with Gasteiger partial charge < -0.3 is 31.2 Å². The highest BCUT2D eigenvalue weighted by Crippen LogP contribution is 2.20. The van der Waals surface area contributed by atoms with Crippen molar-refractivity contribution in [3.8, 4) is 0 Å². The summed E-state index contributed by atoms with van der Waals surface area (Å²) in [7, 11) is 1.53. The van der Waals surface area contributed by atoms with E-state index < -0.39 is 35.6 Å². The Morgan fingerprint density at radius 1 is 1.34 bits per heavy atom. The number of urea groups is 1. The summed E-state index contributed by atoms with van der Waals surface area (Å²) in [5.74, 6) is -1.04. The number of hydrogen-bond acceptors (Lipinski definition) is 5. The predicted molar refractivity (Wildman–Crippen MR) is 103 cm³/mol. The smallest absolute Gasteiger partial charge is 0.316 e. The lowest BCUT2D eigenvalue weighted by molar-refractivity contribution is -0.141. The topological polar surface area (TPSA) is 148 Å². The van der Waals surface area contributed by atoms with Gasteiger partial charge in [-0.15, -0.1) is 0 Å². The van der Waals surface area contributed by atoms with Gasteiger partial charge in [0.05, 0.1) is 11.9 Å². The SMILES string of the molecule is CNC(=O)[C@@H]1CCCN1C(=O)[C@H](Cc1cnc[nH]1)NC(=O)C1NC(=O)NC1(C)C. The van der Waals surface area contributed by atoms with Crippen molar-refractivity contribution in [1.29, 1.82) is 0 Å². The Kier molecular flexibility index (Phi) is 5.76. The van der Waals surface area contributed by atoms with Crippen LogP contribution in [0, 0.1) is 0 Å². The first kappa shape index (κ1) is 20.6. The van der Waals surface area contributed by atoms with Crippen molar-refractivity contribution in [1.82, 2.24) is 36.1 Å². The van der Waals surface area contributed by atoms with E-state index in [0.717, 1.165) is 0 Å². The second-order valence-corrected chi connectivity index (χ2v) is 7.90. The quantitative estimate of drug-likeness (QED) is 0.396. The van der Waals surface area contributed by atoms with E-state index >= 15 is 0 Å². The third-order valence-electron chi connectivity index (χ3n) is 5.37. The Bertz CT molecular complexity index is 792. The number of imidazole rings is 1. The molecule has 11 heteroatoms. The average molecular weight is 405 g/mol. The van der Waals surface area contributed by atoms with E-state index in [0.29, 0.717) is 25.1 Å². The Morgan fingerprint density at radius 2 is 2.10 bits per heavy atom. The number of nitrogens with zero attached hydrogens (tertiary/aromatic N) is 2. The summed E-state index contributed by atoms with van der Waals surface area (Å²) in [5.41, 5.74) is -0.131. The highest BCUT2D eigenvalue weighted by molar-refractivity contribution is 5.96. The Labute approximate surface area is 168 Å². The molecule has 3 heterocycles. The number of carbonyl (C=O) groups excluding carboxylic acids is 4. The van der Waals surface area contributed by atoms with Gasteiger partial charge in [-0.05, 0) is 26.7 Å². The van der Waals surface area contributed by atoms with Crippen molar-refractivity contribution in [2.24, 2.45) is 0 Å². The molecule has 1 aromatic rings. The standard InChI is InChI=1S/C18H27N7O4/c1-18(2)13(23-17(29)24-18)15(27)22-11(7-10-8-20-9-21-10)16(28)25-6-4-5-12(25)14(26)19-3/h8-9,11-13H,4-7H2,1-3H3,(H,19,26)(H,20,21)(H,22,27)(H2,23,24,29)/t11-,12-,13?/m0/s1. The van der Waals surface area contributed by atoms with Gasteiger partial charge in [-0.1, -0.05) is 0 Å². The molecule has 2 fully saturated rings. The van der Waals surface area contributed by atoms with Gasteiger partial charge in [0.15, 0.2) is 0 Å². The van der Waals surface area contributed by atoms with Crippen molar-refractivity contribution in [3.05, 3.63) is 18.2 Å². The molecule has 0 saturated carbocycles. The lowest BCUT2D eigenvalue weighted by Gasteiger charge is -2.30. The Morgan fingerprint density at radius 3 is 2.69 bits per heavy atom. The maximum Gasteiger partial charge on any atom is 0.316 e. The van der Waals surface area contributed by atoms with Gasteiger partial charge in [0.25, 0.3) is 0 Å². The molecule has 0 radical (unpaired) electrons. The van der Waals surface area contributed by atoms with Crippen molar-refractivity contribution in [2.45, 2.75) is 56.8 Å². The van der Waals surface area contributed by atoms with Crippen molar-refractivity contribution in [2.75, 3.05) is 13.6 Å². The number of carbonyl (C=O) groups is 4. The van der Waals surface area contributed by atoms with Gasteiger partial charge in [-0.3, -0.25) is 14.4 Å². The number of hydrogen-bond donors (Lipinski definition) is 5. The fourth-order valence-corrected chi connectivity index (χ4v) is 3.85. The van der Waals surface area contributed by atoms with Crippen LogP contribution in [0.15, 0.2) is 12.5 Å². The number of likely N-dealkylation sites (tertiary alicyclic amines) is 1. The van der Waals surface area contributed by atoms with E-state index in [4.69, 9.17) is 0 Å². The number of H-pyrrole nitrogens is 1. The summed E-state index contributed by atoms with van der Waals surface area (Å²) < 4.78 is 0. The largest absolute Gasteiger partial charge is 0.357 e. The summed E-state index contributed by atoms with van der Waals surface area (Å²) in [5, 5.41) is 10.6. The number of nitrogens with one attached hydrogen (secondary N) is 5. The van der Waals surface area contributed by atoms with Crippen LogP contribution in [0.1, 0.15) is 32.4 Å². The van der Waals surface area contributed by atoms with Gasteiger partial charge in [0.2, 0.25) is 17.7 Å². The molecule has 0 spiro atoms. The summed E-state index contributed by atoms with van der Waals surface area (Å²) in [6.07, 6.45) is 4.55. The van der Waals surface area contributed by atoms with E-state index in [1.807, 2.05) is 0 Å². The number of aromatic amines is 1. The summed E-state index contributed by atoms with van der Waals surface area (Å²) >= 11 is 0. The molecule has 1 unspecified atom stereocenters. The van der Waals surface area contributed by atoms with Crippen LogP contribution in [0.4, 0.5) is 4.79 Å². The number of rotatable bonds is 6. The molecule has 158 valence electrons. The first-order chi connectivity index (χ1) is 13.7. The van der Waals surface area contributed by atoms with Crippen LogP contribution in [0.5, 0.6) is 0 Å². The molecule has 5 amide bonds. The zero-order valence-electron chi connectivity index (χ0n) is 16.7. The van der Waals surface area contributed by atoms with Crippen LogP contribution >= 0.6 is 0 Å². The van der Waals surface area contributed by atoms with Crippen LogP contribution in [0.3, 0.4) is 0 Å². The molecule has 0 aliphatic carbocycles. The van der Waals surface area contributed by atoms with Gasteiger partial charge in [0, 0.05) is 31.9 Å². The Balaban J connectivity index is 1.79. The fourth-order valence-electron chi connectivity index (χ4n) is 3.85. The molecule has 3 atom stereocenters. The summed E-state index contributed by atoms with van der Waals surface area (Å²) in [6, 6.07) is -2.73. The molecule has 5 N–H and O–H groups in total. The molecule has 11 nitrogen and oxygen atoms in total. The van der Waals surface area contributed by atoms with Gasteiger partial charge in [0.1, 0.15) is 18.1 Å². The number of aromatic nitrogens is 2. The maximum absolute atomic E-state index is 13.3. The normalized spacial score (nSPS) is 23.8. The third kappa shape index (κ3) is 4.33. The predicted octanol–water partition coefficient (Wildman–Crippen LogP) is -1.37. The van der Waals surface area contributed by atoms with Gasteiger partial charge in [-0.25, -0.2) is 9.78 Å². The average Bonchev–Trinajstić information content (AvgIpc) is 3.39. The monoisotopic (exact) mass is 405 g/mol. The third-order valence-corrected chi connectivity index (χ3v) is 5.37. The second-order valence-electron chi connectivity index (χ2n) is 7.90. The first-order valence-electron chi connectivity index (χ1n) is 9.61. The van der Waals surface area contributed by atoms with Crippen molar-refractivity contribution >= 4 is 23.8 Å². The molecular weight excluding hydrogens is 378 g/mol. The van der Waals surface area contributed by atoms with Crippen molar-refractivity contribution < 1.29 is 19.2 Å². The van der Waals surface area contributed by atoms with E-state index in [2.05, 4.69) is 31.2 Å². The van der Waals surface area contributed by atoms with Gasteiger partial charge >= 0.3 is 6.03 Å². The van der Waals surface area contributed by atoms with Crippen molar-refractivity contribution in [3.63, 3.8) is 0 Å². The van der Waals surface area contributed by atoms with Crippen LogP contribution in [-0.4, -0.2) is 75.9 Å². The molecule has 29 heavy (non-hydrogen) atoms. The maximum atomic E-state index is 13.3. The van der Waals surface area contributed by atoms with E-state index in [9.17, 15) is 19.2 Å². The zero-order valence-corrected chi connectivity index (χ0v) is 16.7. The first-order valence-corrected chi connectivity index (χ1v) is 9.61. The van der Waals surface area contributed by atoms with Crippen LogP contribution in [-0.2, 0) is 20.8 Å². The number of likely N-dealkylation sites (N-methyl/N-ethyl adjacent to an activating group) is 1. The molecule has 2 saturated heterocycles. The molecule has 2 aliphatic heterocycles. The minimum absolute atomic E-state index is 0.191. The molecule has 3 rings (SSSR count). The number of amides is 5. The minimum Gasteiger partial charge on any atom is -0.357 e. The highest BCUT2D eigenvalue weighted by Gasteiger charge is 2.45. The minimum atomic E-state index is -0.901. The molecule has 0 aromatic carbocycles. The summed E-state index contributed by atoms with van der Waals surface area (Å²) in [4.78, 5) is 58.4. The lowest BCUT2D eigenvalue weighted by atomic mass is 9.95. The van der Waals surface area contributed by atoms with E-state index in [1.165, 1.54) is 18.3 Å². The lowest BCUT2D eigenvalue weighted by Crippen LogP contribution is -2.59. The van der Waals surface area contributed by atoms with E-state index in [1.54, 1.807) is 20.0 Å². The van der Waals surface area contributed by atoms with Gasteiger partial charge in [-0.2, -0.15) is 0 Å². The molecule has 1 aromatic heterocycles. The highest BCUT2D eigenvalue weighted by atomic mass is 16.2. The van der Waals surface area contributed by atoms with E-state index in [-0.39, 0.29) is 18.2 Å². The Hall–Kier alpha value is -3.11. The van der Waals surface area contributed by atoms with Crippen LogP contribution in [0.2, 0.25) is 0 Å². The molecule has 2 aliphatic rings. The van der Waals surface area contributed by atoms with Crippen LogP contribution in [0.25, 0.3) is 0 Å². The molecule has 0 bridgehead atoms. The summed E-state index contributed by atoms with van der Waals surface area (Å²) in [6.45, 7) is 3.89. The fraction of sp³-hybridized carbons (Fsp3) is 0.611. The second kappa shape index (κ2) is 8.10. The molecular formula is C18H27N7O4. The zero-order chi connectivity index (χ0) is 21.2. The van der Waals surface area contributed by atoms with Crippen LogP contribution < -0.4 is 21.3 Å².